The van der Waals surface area contributed by atoms with Crippen molar-refractivity contribution in [2.24, 2.45) is 0 Å². The summed E-state index contributed by atoms with van der Waals surface area (Å²) in [5.41, 5.74) is 10.7. The van der Waals surface area contributed by atoms with Gasteiger partial charge >= 0.3 is 0 Å². The van der Waals surface area contributed by atoms with Crippen molar-refractivity contribution in [3.63, 3.8) is 0 Å². The Balaban J connectivity index is 1.36. The van der Waals surface area contributed by atoms with Gasteiger partial charge in [0.1, 0.15) is 5.01 Å². The number of rotatable bonds is 4. The minimum Gasteiger partial charge on any atom is -0.309 e. The van der Waals surface area contributed by atoms with E-state index in [0.717, 1.165) is 70.5 Å². The van der Waals surface area contributed by atoms with E-state index in [1.807, 2.05) is 78.9 Å². The molecule has 2 aromatic heterocycles. The number of thiazole rings is 1. The molecule has 204 valence electrons. The summed E-state index contributed by atoms with van der Waals surface area (Å²) in [7, 11) is 0. The third-order valence-electron chi connectivity index (χ3n) is 8.06. The van der Waals surface area contributed by atoms with Crippen LogP contribution >= 0.6 is 11.3 Å². The highest BCUT2D eigenvalue weighted by Crippen LogP contribution is 2.39. The summed E-state index contributed by atoms with van der Waals surface area (Å²) < 4.78 is 3.41. The fourth-order valence-corrected chi connectivity index (χ4v) is 6.90. The summed E-state index contributed by atoms with van der Waals surface area (Å²) in [4.78, 5) is 4.97. The third-order valence-corrected chi connectivity index (χ3v) is 9.15. The van der Waals surface area contributed by atoms with Crippen LogP contribution in [0.25, 0.3) is 70.5 Å². The van der Waals surface area contributed by atoms with Gasteiger partial charge in [0.15, 0.2) is 0 Å². The van der Waals surface area contributed by atoms with Gasteiger partial charge < -0.3 is 4.57 Å². The molecule has 0 unspecified atom stereocenters. The van der Waals surface area contributed by atoms with E-state index in [2.05, 4.69) is 71.3 Å². The summed E-state index contributed by atoms with van der Waals surface area (Å²) in [5.74, 6) is 0. The molecule has 5 heteroatoms. The van der Waals surface area contributed by atoms with Gasteiger partial charge in [-0.1, -0.05) is 48.5 Å². The predicted molar refractivity (Wildman–Crippen MR) is 180 cm³/mol. The van der Waals surface area contributed by atoms with Crippen LogP contribution in [0.1, 0.15) is 11.1 Å². The lowest BCUT2D eigenvalue weighted by Crippen LogP contribution is -1.93. The van der Waals surface area contributed by atoms with Crippen LogP contribution in [0.15, 0.2) is 133 Å². The van der Waals surface area contributed by atoms with Crippen LogP contribution in [-0.4, -0.2) is 9.55 Å². The Morgan fingerprint density at radius 3 is 1.89 bits per heavy atom. The Bertz CT molecular complexity index is 2420. The van der Waals surface area contributed by atoms with E-state index in [-0.39, 0.29) is 0 Å². The minimum atomic E-state index is 0.633. The molecule has 0 spiro atoms. The number of aromatic nitrogens is 2. The third kappa shape index (κ3) is 4.32. The van der Waals surface area contributed by atoms with Gasteiger partial charge in [0.05, 0.1) is 44.5 Å². The number of nitriles is 2. The van der Waals surface area contributed by atoms with Crippen LogP contribution in [0.4, 0.5) is 0 Å². The number of benzene rings is 6. The van der Waals surface area contributed by atoms with Gasteiger partial charge in [-0.2, -0.15) is 10.5 Å². The summed E-state index contributed by atoms with van der Waals surface area (Å²) >= 11 is 1.69. The largest absolute Gasteiger partial charge is 0.309 e. The molecule has 0 aliphatic heterocycles. The van der Waals surface area contributed by atoms with Crippen molar-refractivity contribution in [3.8, 4) is 50.7 Å². The quantitative estimate of drug-likeness (QED) is 0.209. The van der Waals surface area contributed by atoms with Gasteiger partial charge in [-0.05, 0) is 107 Å². The lowest BCUT2D eigenvalue weighted by molar-refractivity contribution is 1.18. The molecule has 0 amide bonds. The Labute approximate surface area is 257 Å². The predicted octanol–water partition coefficient (Wildman–Crippen LogP) is 10.1. The van der Waals surface area contributed by atoms with E-state index in [1.165, 1.54) is 0 Å². The molecule has 0 fully saturated rings. The monoisotopic (exact) mass is 578 g/mol. The molecule has 0 radical (unpaired) electrons. The van der Waals surface area contributed by atoms with Crippen molar-refractivity contribution in [2.75, 3.05) is 0 Å². The number of para-hydroxylation sites is 2. The molecule has 8 rings (SSSR count). The Morgan fingerprint density at radius 2 is 1.14 bits per heavy atom. The minimum absolute atomic E-state index is 0.633. The first-order valence-corrected chi connectivity index (χ1v) is 15.1. The highest BCUT2D eigenvalue weighted by molar-refractivity contribution is 7.21. The second-order valence-corrected chi connectivity index (χ2v) is 11.8. The van der Waals surface area contributed by atoms with E-state index in [4.69, 9.17) is 4.98 Å². The van der Waals surface area contributed by atoms with Gasteiger partial charge in [-0.25, -0.2) is 4.98 Å². The molecule has 6 aromatic carbocycles. The van der Waals surface area contributed by atoms with Crippen molar-refractivity contribution in [2.45, 2.75) is 0 Å². The van der Waals surface area contributed by atoms with E-state index < -0.39 is 0 Å². The van der Waals surface area contributed by atoms with E-state index >= 15 is 0 Å². The highest BCUT2D eigenvalue weighted by atomic mass is 32.1. The standard InChI is InChI=1S/C39H22N4S/c40-23-25-10-13-27(14-11-25)29-19-30(21-31(20-29)39-42-35-8-4-5-9-38(35)44-39)28-15-17-37-34(22-28)33-18-26(24-41)12-16-36(33)43(37)32-6-2-1-3-7-32/h1-22H. The Morgan fingerprint density at radius 1 is 0.523 bits per heavy atom. The average molecular weight is 579 g/mol. The van der Waals surface area contributed by atoms with Crippen molar-refractivity contribution in [1.29, 1.82) is 10.5 Å². The molecule has 0 atom stereocenters. The maximum atomic E-state index is 9.71. The molecular weight excluding hydrogens is 557 g/mol. The maximum absolute atomic E-state index is 9.71. The fraction of sp³-hybridized carbons (Fsp3) is 0. The smallest absolute Gasteiger partial charge is 0.124 e. The number of nitrogens with zero attached hydrogens (tertiary/aromatic N) is 4. The summed E-state index contributed by atoms with van der Waals surface area (Å²) in [6.45, 7) is 0. The summed E-state index contributed by atoms with van der Waals surface area (Å²) in [5, 5.41) is 22.1. The molecular formula is C39H22N4S. The van der Waals surface area contributed by atoms with Gasteiger partial charge in [0.2, 0.25) is 0 Å². The van der Waals surface area contributed by atoms with Gasteiger partial charge in [-0.15, -0.1) is 11.3 Å². The van der Waals surface area contributed by atoms with Crippen LogP contribution in [0.3, 0.4) is 0 Å². The lowest BCUT2D eigenvalue weighted by Gasteiger charge is -2.11. The first-order chi connectivity index (χ1) is 21.7. The van der Waals surface area contributed by atoms with Crippen molar-refractivity contribution in [1.82, 2.24) is 9.55 Å². The zero-order chi connectivity index (χ0) is 29.6. The number of fused-ring (bicyclic) bond motifs is 4. The molecule has 0 aliphatic rings. The number of hydrogen-bond donors (Lipinski definition) is 0. The molecule has 4 nitrogen and oxygen atoms in total. The Kier molecular flexibility index (Phi) is 6.05. The summed E-state index contributed by atoms with van der Waals surface area (Å²) in [6.07, 6.45) is 0. The maximum Gasteiger partial charge on any atom is 0.124 e. The van der Waals surface area contributed by atoms with Crippen LogP contribution in [0.5, 0.6) is 0 Å². The van der Waals surface area contributed by atoms with E-state index in [0.29, 0.717) is 11.1 Å². The van der Waals surface area contributed by atoms with Crippen LogP contribution in [-0.2, 0) is 0 Å². The Hall–Kier alpha value is -6.01. The molecule has 0 N–H and O–H groups in total. The van der Waals surface area contributed by atoms with Crippen LogP contribution < -0.4 is 0 Å². The first-order valence-electron chi connectivity index (χ1n) is 14.2. The normalized spacial score (nSPS) is 11.1. The van der Waals surface area contributed by atoms with E-state index in [9.17, 15) is 10.5 Å². The number of hydrogen-bond acceptors (Lipinski definition) is 4. The van der Waals surface area contributed by atoms with Gasteiger partial charge in [0.25, 0.3) is 0 Å². The molecule has 0 saturated carbocycles. The molecule has 8 aromatic rings. The molecule has 0 aliphatic carbocycles. The fourth-order valence-electron chi connectivity index (χ4n) is 5.94. The zero-order valence-corrected chi connectivity index (χ0v) is 24.2. The zero-order valence-electron chi connectivity index (χ0n) is 23.4. The molecule has 0 saturated heterocycles. The topological polar surface area (TPSA) is 65.4 Å². The average Bonchev–Trinajstić information content (AvgIpc) is 3.67. The van der Waals surface area contributed by atoms with Crippen molar-refractivity contribution >= 4 is 43.4 Å². The van der Waals surface area contributed by atoms with Crippen LogP contribution in [0.2, 0.25) is 0 Å². The van der Waals surface area contributed by atoms with Gasteiger partial charge in [-0.3, -0.25) is 0 Å². The first kappa shape index (κ1) is 25.7. The molecule has 44 heavy (non-hydrogen) atoms. The van der Waals surface area contributed by atoms with Crippen molar-refractivity contribution in [3.05, 3.63) is 145 Å². The van der Waals surface area contributed by atoms with E-state index in [1.54, 1.807) is 11.3 Å². The van der Waals surface area contributed by atoms with Gasteiger partial charge in [0, 0.05) is 22.0 Å². The second kappa shape index (κ2) is 10.4. The SMILES string of the molecule is N#Cc1ccc(-c2cc(-c3ccc4c(c3)c3cc(C#N)ccc3n4-c3ccccc3)cc(-c3nc4ccccc4s3)c2)cc1. The van der Waals surface area contributed by atoms with Crippen LogP contribution in [0, 0.1) is 22.7 Å². The highest BCUT2D eigenvalue weighted by Gasteiger charge is 2.16. The lowest BCUT2D eigenvalue weighted by atomic mass is 9.95. The second-order valence-electron chi connectivity index (χ2n) is 10.7. The van der Waals surface area contributed by atoms with Crippen molar-refractivity contribution < 1.29 is 0 Å². The molecule has 0 bridgehead atoms. The molecule has 2 heterocycles. The summed E-state index contributed by atoms with van der Waals surface area (Å²) in [6, 6.07) is 49.9.